The number of esters is 1. The van der Waals surface area contributed by atoms with Gasteiger partial charge in [0.15, 0.2) is 0 Å². The maximum atomic E-state index is 12.7. The molecule has 0 fully saturated rings. The van der Waals surface area contributed by atoms with E-state index in [0.717, 1.165) is 17.7 Å². The molecule has 1 aliphatic rings. The van der Waals surface area contributed by atoms with Crippen LogP contribution in [0.5, 0.6) is 5.75 Å². The smallest absolute Gasteiger partial charge is 0.338 e. The van der Waals surface area contributed by atoms with Gasteiger partial charge in [-0.15, -0.1) is 0 Å². The topological polar surface area (TPSA) is 76.7 Å². The van der Waals surface area contributed by atoms with Crippen LogP contribution in [0.2, 0.25) is 0 Å². The summed E-state index contributed by atoms with van der Waals surface area (Å²) >= 11 is 0. The highest BCUT2D eigenvalue weighted by Gasteiger charge is 2.33. The quantitative estimate of drug-likeness (QED) is 0.672. The second-order valence-corrected chi connectivity index (χ2v) is 7.40. The normalized spacial score (nSPS) is 17.0. The number of allylic oxidation sites excluding steroid dienone is 1. The minimum absolute atomic E-state index is 0.238. The third kappa shape index (κ3) is 5.74. The van der Waals surface area contributed by atoms with Gasteiger partial charge in [-0.1, -0.05) is 39.3 Å². The maximum Gasteiger partial charge on any atom is 0.338 e. The van der Waals surface area contributed by atoms with Crippen molar-refractivity contribution in [2.24, 2.45) is 5.92 Å². The summed E-state index contributed by atoms with van der Waals surface area (Å²) in [7, 11) is 0. The summed E-state index contributed by atoms with van der Waals surface area (Å²) in [5, 5.41) is 5.61. The van der Waals surface area contributed by atoms with Gasteiger partial charge in [0, 0.05) is 5.70 Å². The first-order chi connectivity index (χ1) is 12.8. The van der Waals surface area contributed by atoms with E-state index in [4.69, 9.17) is 9.47 Å². The fourth-order valence-electron chi connectivity index (χ4n) is 2.85. The second-order valence-electron chi connectivity index (χ2n) is 7.40. The molecular formula is C21H30N2O4. The van der Waals surface area contributed by atoms with Gasteiger partial charge >= 0.3 is 12.0 Å². The first kappa shape index (κ1) is 20.8. The molecule has 2 N–H and O–H groups in total. The monoisotopic (exact) mass is 374 g/mol. The Kier molecular flexibility index (Phi) is 7.28. The molecule has 0 bridgehead atoms. The Morgan fingerprint density at radius 3 is 2.37 bits per heavy atom. The Hall–Kier alpha value is -2.50. The Balaban J connectivity index is 2.34. The van der Waals surface area contributed by atoms with E-state index in [1.54, 1.807) is 0 Å². The average molecular weight is 374 g/mol. The molecule has 2 rings (SSSR count). The van der Waals surface area contributed by atoms with Crippen LogP contribution >= 0.6 is 0 Å². The van der Waals surface area contributed by atoms with Crippen molar-refractivity contribution in [3.8, 4) is 5.75 Å². The van der Waals surface area contributed by atoms with Gasteiger partial charge in [0.1, 0.15) is 5.75 Å². The lowest BCUT2D eigenvalue weighted by molar-refractivity contribution is -0.143. The van der Waals surface area contributed by atoms with Gasteiger partial charge in [-0.2, -0.15) is 0 Å². The molecule has 148 valence electrons. The molecule has 0 saturated heterocycles. The van der Waals surface area contributed by atoms with E-state index in [0.29, 0.717) is 30.2 Å². The van der Waals surface area contributed by atoms with Crippen molar-refractivity contribution in [3.63, 3.8) is 0 Å². The second kappa shape index (κ2) is 9.44. The van der Waals surface area contributed by atoms with E-state index in [2.05, 4.69) is 24.5 Å². The molecule has 1 aromatic carbocycles. The van der Waals surface area contributed by atoms with Crippen molar-refractivity contribution in [2.45, 2.75) is 59.6 Å². The van der Waals surface area contributed by atoms with Gasteiger partial charge in [0.2, 0.25) is 0 Å². The number of amides is 2. The molecule has 1 heterocycles. The number of hydrogen-bond acceptors (Lipinski definition) is 4. The van der Waals surface area contributed by atoms with Crippen LogP contribution in [0.1, 0.15) is 59.1 Å². The van der Waals surface area contributed by atoms with Gasteiger partial charge in [-0.05, 0) is 43.9 Å². The largest absolute Gasteiger partial charge is 0.493 e. The zero-order valence-corrected chi connectivity index (χ0v) is 16.8. The van der Waals surface area contributed by atoms with Crippen molar-refractivity contribution in [1.29, 1.82) is 0 Å². The van der Waals surface area contributed by atoms with Gasteiger partial charge in [0.05, 0.1) is 24.3 Å². The van der Waals surface area contributed by atoms with E-state index in [-0.39, 0.29) is 12.1 Å². The molecular weight excluding hydrogens is 344 g/mol. The molecule has 1 unspecified atom stereocenters. The summed E-state index contributed by atoms with van der Waals surface area (Å²) in [6.07, 6.45) is 1.17. The zero-order chi connectivity index (χ0) is 20.0. The summed E-state index contributed by atoms with van der Waals surface area (Å²) in [6, 6.07) is 6.60. The summed E-state index contributed by atoms with van der Waals surface area (Å²) in [5.74, 6) is 0.785. The number of benzene rings is 1. The van der Waals surface area contributed by atoms with Crippen molar-refractivity contribution in [3.05, 3.63) is 41.1 Å². The molecule has 0 spiro atoms. The van der Waals surface area contributed by atoms with Gasteiger partial charge in [-0.3, -0.25) is 0 Å². The van der Waals surface area contributed by atoms with Gasteiger partial charge < -0.3 is 20.1 Å². The van der Waals surface area contributed by atoms with Crippen molar-refractivity contribution in [2.75, 3.05) is 6.61 Å². The SMILES string of the molecule is CCCC1=C(C(=O)OC(C)C)C(c2ccc(OCC(C)C)cc2)NC(=O)N1. The van der Waals surface area contributed by atoms with Crippen LogP contribution in [-0.4, -0.2) is 24.7 Å². The van der Waals surface area contributed by atoms with Crippen LogP contribution < -0.4 is 15.4 Å². The van der Waals surface area contributed by atoms with Crippen LogP contribution in [0, 0.1) is 5.92 Å². The maximum absolute atomic E-state index is 12.7. The Morgan fingerprint density at radius 2 is 1.81 bits per heavy atom. The fourth-order valence-corrected chi connectivity index (χ4v) is 2.85. The minimum Gasteiger partial charge on any atom is -0.493 e. The van der Waals surface area contributed by atoms with E-state index in [1.807, 2.05) is 45.0 Å². The first-order valence-corrected chi connectivity index (χ1v) is 9.56. The molecule has 1 aromatic rings. The summed E-state index contributed by atoms with van der Waals surface area (Å²) in [5.41, 5.74) is 1.89. The first-order valence-electron chi connectivity index (χ1n) is 9.56. The molecule has 1 aliphatic heterocycles. The van der Waals surface area contributed by atoms with Crippen LogP contribution in [-0.2, 0) is 9.53 Å². The van der Waals surface area contributed by atoms with Crippen molar-refractivity contribution < 1.29 is 19.1 Å². The summed E-state index contributed by atoms with van der Waals surface area (Å²) in [4.78, 5) is 24.9. The number of urea groups is 1. The van der Waals surface area contributed by atoms with Crippen LogP contribution in [0.15, 0.2) is 35.5 Å². The van der Waals surface area contributed by atoms with E-state index < -0.39 is 12.0 Å². The minimum atomic E-state index is -0.550. The lowest BCUT2D eigenvalue weighted by Crippen LogP contribution is -2.46. The predicted octanol–water partition coefficient (Wildman–Crippen LogP) is 4.08. The van der Waals surface area contributed by atoms with E-state index >= 15 is 0 Å². The van der Waals surface area contributed by atoms with Crippen LogP contribution in [0.4, 0.5) is 4.79 Å². The van der Waals surface area contributed by atoms with Crippen molar-refractivity contribution in [1.82, 2.24) is 10.6 Å². The standard InChI is InChI=1S/C21H30N2O4/c1-6-7-17-18(20(24)27-14(4)5)19(23-21(25)22-17)15-8-10-16(11-9-15)26-12-13(2)3/h8-11,13-14,19H,6-7,12H2,1-5H3,(H2,22,23,25). The molecule has 0 saturated carbocycles. The molecule has 0 radical (unpaired) electrons. The highest BCUT2D eigenvalue weighted by atomic mass is 16.5. The molecule has 6 heteroatoms. The number of carbonyl (C=O) groups excluding carboxylic acids is 2. The number of nitrogens with one attached hydrogen (secondary N) is 2. The summed E-state index contributed by atoms with van der Waals surface area (Å²) in [6.45, 7) is 10.4. The number of rotatable bonds is 8. The number of ether oxygens (including phenoxy) is 2. The third-order valence-corrected chi connectivity index (χ3v) is 4.01. The third-order valence-electron chi connectivity index (χ3n) is 4.01. The van der Waals surface area contributed by atoms with Gasteiger partial charge in [0.25, 0.3) is 0 Å². The molecule has 1 atom stereocenters. The summed E-state index contributed by atoms with van der Waals surface area (Å²) < 4.78 is 11.1. The highest BCUT2D eigenvalue weighted by molar-refractivity contribution is 5.95. The lowest BCUT2D eigenvalue weighted by Gasteiger charge is -2.30. The molecule has 2 amide bonds. The number of carbonyl (C=O) groups is 2. The zero-order valence-electron chi connectivity index (χ0n) is 16.8. The van der Waals surface area contributed by atoms with Crippen molar-refractivity contribution >= 4 is 12.0 Å². The Bertz CT molecular complexity index is 693. The fraction of sp³-hybridized carbons (Fsp3) is 0.524. The molecule has 0 aromatic heterocycles. The van der Waals surface area contributed by atoms with E-state index in [9.17, 15) is 9.59 Å². The Labute approximate surface area is 161 Å². The lowest BCUT2D eigenvalue weighted by atomic mass is 9.93. The van der Waals surface area contributed by atoms with E-state index in [1.165, 1.54) is 0 Å². The highest BCUT2D eigenvalue weighted by Crippen LogP contribution is 2.30. The predicted molar refractivity (Wildman–Crippen MR) is 104 cm³/mol. The average Bonchev–Trinajstić information content (AvgIpc) is 2.59. The molecule has 6 nitrogen and oxygen atoms in total. The molecule has 27 heavy (non-hydrogen) atoms. The van der Waals surface area contributed by atoms with Crippen LogP contribution in [0.25, 0.3) is 0 Å². The van der Waals surface area contributed by atoms with Gasteiger partial charge in [-0.25, -0.2) is 9.59 Å². The number of hydrogen-bond donors (Lipinski definition) is 2. The molecule has 0 aliphatic carbocycles. The van der Waals surface area contributed by atoms with Crippen LogP contribution in [0.3, 0.4) is 0 Å². The Morgan fingerprint density at radius 1 is 1.15 bits per heavy atom.